The quantitative estimate of drug-likeness (QED) is 0.891. The van der Waals surface area contributed by atoms with Crippen LogP contribution >= 0.6 is 11.6 Å². The number of nitrogens with one attached hydrogen (secondary N) is 1. The van der Waals surface area contributed by atoms with Crippen molar-refractivity contribution in [1.29, 1.82) is 0 Å². The molecule has 1 saturated carbocycles. The lowest BCUT2D eigenvalue weighted by Gasteiger charge is -2.22. The first-order valence-corrected chi connectivity index (χ1v) is 7.01. The number of hydrogen-bond donors (Lipinski definition) is 1. The normalized spacial score (nSPS) is 15.8. The van der Waals surface area contributed by atoms with Crippen LogP contribution in [0, 0.1) is 0 Å². The molecule has 3 heteroatoms. The maximum Gasteiger partial charge on any atom is 0.0471 e. The number of anilines is 1. The summed E-state index contributed by atoms with van der Waals surface area (Å²) in [5, 5.41) is 4.32. The van der Waals surface area contributed by atoms with Crippen LogP contribution in [0.3, 0.4) is 0 Å². The fraction of sp³-hybridized carbons (Fsp3) is 0.600. The van der Waals surface area contributed by atoms with Crippen molar-refractivity contribution in [2.45, 2.75) is 51.7 Å². The van der Waals surface area contributed by atoms with Crippen molar-refractivity contribution >= 4 is 17.3 Å². The van der Waals surface area contributed by atoms with Gasteiger partial charge in [-0.25, -0.2) is 0 Å². The van der Waals surface area contributed by atoms with Gasteiger partial charge in [-0.15, -0.1) is 0 Å². The van der Waals surface area contributed by atoms with Crippen molar-refractivity contribution in [1.82, 2.24) is 5.32 Å². The van der Waals surface area contributed by atoms with E-state index in [0.29, 0.717) is 0 Å². The molecule has 1 aromatic carbocycles. The average Bonchev–Trinajstić information content (AvgIpc) is 3.09. The summed E-state index contributed by atoms with van der Waals surface area (Å²) in [5.41, 5.74) is 2.51. The average molecular weight is 267 g/mol. The predicted octanol–water partition coefficient (Wildman–Crippen LogP) is 3.83. The Morgan fingerprint density at radius 3 is 2.50 bits per heavy atom. The van der Waals surface area contributed by atoms with E-state index in [9.17, 15) is 0 Å². The van der Waals surface area contributed by atoms with Crippen LogP contribution in [0.25, 0.3) is 0 Å². The van der Waals surface area contributed by atoms with Crippen molar-refractivity contribution in [2.24, 2.45) is 0 Å². The first-order valence-electron chi connectivity index (χ1n) is 6.63. The van der Waals surface area contributed by atoms with E-state index in [2.05, 4.69) is 56.2 Å². The molecule has 18 heavy (non-hydrogen) atoms. The molecule has 0 saturated heterocycles. The summed E-state index contributed by atoms with van der Waals surface area (Å²) >= 11 is 6.36. The second kappa shape index (κ2) is 5.10. The predicted molar refractivity (Wildman–Crippen MR) is 79.5 cm³/mol. The van der Waals surface area contributed by atoms with Gasteiger partial charge in [0.15, 0.2) is 0 Å². The lowest BCUT2D eigenvalue weighted by atomic mass is 10.1. The van der Waals surface area contributed by atoms with Gasteiger partial charge >= 0.3 is 0 Å². The Hall–Kier alpha value is -0.730. The molecule has 0 atom stereocenters. The van der Waals surface area contributed by atoms with Crippen molar-refractivity contribution in [3.63, 3.8) is 0 Å². The van der Waals surface area contributed by atoms with E-state index in [1.54, 1.807) is 0 Å². The highest BCUT2D eigenvalue weighted by Gasteiger charge is 2.26. The van der Waals surface area contributed by atoms with Gasteiger partial charge < -0.3 is 10.2 Å². The van der Waals surface area contributed by atoms with E-state index < -0.39 is 0 Å². The third-order valence-electron chi connectivity index (χ3n) is 3.35. The minimum absolute atomic E-state index is 0.118. The molecule has 0 heterocycles. The molecule has 1 aliphatic carbocycles. The van der Waals surface area contributed by atoms with E-state index in [1.165, 1.54) is 24.1 Å². The molecule has 0 bridgehead atoms. The summed E-state index contributed by atoms with van der Waals surface area (Å²) in [7, 11) is 2.15. The molecule has 0 radical (unpaired) electrons. The third-order valence-corrected chi connectivity index (χ3v) is 3.70. The van der Waals surface area contributed by atoms with Crippen LogP contribution in [-0.2, 0) is 6.54 Å². The molecule has 1 aliphatic rings. The maximum absolute atomic E-state index is 6.36. The first-order chi connectivity index (χ1) is 8.37. The molecule has 2 nitrogen and oxygen atoms in total. The molecule has 0 aliphatic heterocycles. The van der Waals surface area contributed by atoms with Crippen molar-refractivity contribution < 1.29 is 0 Å². The number of benzene rings is 1. The van der Waals surface area contributed by atoms with E-state index >= 15 is 0 Å². The van der Waals surface area contributed by atoms with E-state index in [-0.39, 0.29) is 5.54 Å². The molecule has 1 N–H and O–H groups in total. The number of halogens is 1. The Balaban J connectivity index is 2.05. The zero-order valence-corrected chi connectivity index (χ0v) is 12.5. The molecule has 0 amide bonds. The van der Waals surface area contributed by atoms with Gasteiger partial charge in [-0.1, -0.05) is 17.7 Å². The van der Waals surface area contributed by atoms with Crippen molar-refractivity contribution in [3.05, 3.63) is 28.8 Å². The topological polar surface area (TPSA) is 15.3 Å². The van der Waals surface area contributed by atoms with Gasteiger partial charge in [-0.2, -0.15) is 0 Å². The molecule has 0 spiro atoms. The zero-order valence-electron chi connectivity index (χ0n) is 11.8. The SMILES string of the molecule is CN(c1ccc(CNC(C)(C)C)c(Cl)c1)C1CC1. The van der Waals surface area contributed by atoms with Crippen LogP contribution in [0.5, 0.6) is 0 Å². The standard InChI is InChI=1S/C15H23ClN2/c1-15(2,3)17-10-11-5-6-13(9-14(11)16)18(4)12-7-8-12/h5-6,9,12,17H,7-8,10H2,1-4H3. The first kappa shape index (κ1) is 13.7. The summed E-state index contributed by atoms with van der Waals surface area (Å²) in [6.45, 7) is 7.30. The Bertz CT molecular complexity index is 419. The smallest absolute Gasteiger partial charge is 0.0471 e. The van der Waals surface area contributed by atoms with Crippen LogP contribution in [0.1, 0.15) is 39.2 Å². The largest absolute Gasteiger partial charge is 0.372 e. The van der Waals surface area contributed by atoms with Gasteiger partial charge in [0.2, 0.25) is 0 Å². The zero-order chi connectivity index (χ0) is 13.3. The molecule has 0 aromatic heterocycles. The van der Waals surface area contributed by atoms with Gasteiger partial charge in [-0.3, -0.25) is 0 Å². The van der Waals surface area contributed by atoms with Crippen LogP contribution < -0.4 is 10.2 Å². The lowest BCUT2D eigenvalue weighted by Crippen LogP contribution is -2.35. The van der Waals surface area contributed by atoms with Crippen LogP contribution in [0.2, 0.25) is 5.02 Å². The summed E-state index contributed by atoms with van der Waals surface area (Å²) < 4.78 is 0. The van der Waals surface area contributed by atoms with E-state index in [0.717, 1.165) is 17.6 Å². The Kier molecular flexibility index (Phi) is 3.88. The molecule has 100 valence electrons. The lowest BCUT2D eigenvalue weighted by molar-refractivity contribution is 0.424. The molecule has 1 fully saturated rings. The minimum atomic E-state index is 0.118. The van der Waals surface area contributed by atoms with Gasteiger partial charge in [0.25, 0.3) is 0 Å². The highest BCUT2D eigenvalue weighted by molar-refractivity contribution is 6.31. The molecule has 1 aromatic rings. The van der Waals surface area contributed by atoms with Gasteiger partial charge in [0.05, 0.1) is 0 Å². The second-order valence-corrected chi connectivity index (χ2v) is 6.63. The molecule has 2 rings (SSSR count). The summed E-state index contributed by atoms with van der Waals surface area (Å²) in [5.74, 6) is 0. The van der Waals surface area contributed by atoms with Gasteiger partial charge in [0, 0.05) is 35.9 Å². The Morgan fingerprint density at radius 1 is 1.33 bits per heavy atom. The summed E-state index contributed by atoms with van der Waals surface area (Å²) in [4.78, 5) is 2.33. The Morgan fingerprint density at radius 2 is 2.00 bits per heavy atom. The van der Waals surface area contributed by atoms with Crippen LogP contribution in [0.4, 0.5) is 5.69 Å². The number of nitrogens with zero attached hydrogens (tertiary/aromatic N) is 1. The molecular formula is C15H23ClN2. The fourth-order valence-electron chi connectivity index (χ4n) is 1.93. The van der Waals surface area contributed by atoms with Gasteiger partial charge in [0.1, 0.15) is 0 Å². The summed E-state index contributed by atoms with van der Waals surface area (Å²) in [6.07, 6.45) is 2.61. The minimum Gasteiger partial charge on any atom is -0.372 e. The Labute approximate surface area is 115 Å². The van der Waals surface area contributed by atoms with Crippen LogP contribution in [-0.4, -0.2) is 18.6 Å². The molecule has 0 unspecified atom stereocenters. The van der Waals surface area contributed by atoms with Crippen molar-refractivity contribution in [3.8, 4) is 0 Å². The highest BCUT2D eigenvalue weighted by atomic mass is 35.5. The van der Waals surface area contributed by atoms with Gasteiger partial charge in [-0.05, 0) is 51.3 Å². The fourth-order valence-corrected chi connectivity index (χ4v) is 2.17. The number of hydrogen-bond acceptors (Lipinski definition) is 2. The second-order valence-electron chi connectivity index (χ2n) is 6.22. The van der Waals surface area contributed by atoms with Crippen LogP contribution in [0.15, 0.2) is 18.2 Å². The molecular weight excluding hydrogens is 244 g/mol. The number of rotatable bonds is 4. The monoisotopic (exact) mass is 266 g/mol. The third kappa shape index (κ3) is 3.63. The highest BCUT2D eigenvalue weighted by Crippen LogP contribution is 2.32. The van der Waals surface area contributed by atoms with E-state index in [1.807, 2.05) is 0 Å². The van der Waals surface area contributed by atoms with E-state index in [4.69, 9.17) is 11.6 Å². The van der Waals surface area contributed by atoms with Crippen molar-refractivity contribution in [2.75, 3.05) is 11.9 Å². The summed E-state index contributed by atoms with van der Waals surface area (Å²) in [6, 6.07) is 7.11. The maximum atomic E-state index is 6.36.